The molecule has 5 atom stereocenters. The third-order valence-electron chi connectivity index (χ3n) is 9.26. The molecular weight excluding hydrogens is 653 g/mol. The van der Waals surface area contributed by atoms with Gasteiger partial charge in [0.15, 0.2) is 0 Å². The molecule has 0 aliphatic heterocycles. The highest BCUT2D eigenvalue weighted by molar-refractivity contribution is 7.89. The van der Waals surface area contributed by atoms with Gasteiger partial charge in [0.2, 0.25) is 21.8 Å². The van der Waals surface area contributed by atoms with Gasteiger partial charge in [-0.3, -0.25) is 9.59 Å². The molecule has 1 saturated carbocycles. The van der Waals surface area contributed by atoms with Crippen molar-refractivity contribution in [3.63, 3.8) is 0 Å². The van der Waals surface area contributed by atoms with E-state index in [2.05, 4.69) is 34.6 Å². The number of amides is 2. The topological polar surface area (TPSA) is 139 Å². The minimum atomic E-state index is -3.91. The van der Waals surface area contributed by atoms with Gasteiger partial charge < -0.3 is 25.7 Å². The fourth-order valence-electron chi connectivity index (χ4n) is 6.28. The van der Waals surface area contributed by atoms with E-state index >= 15 is 0 Å². The maximum Gasteiger partial charge on any atom is 0.243 e. The molecule has 0 radical (unpaired) electrons. The fraction of sp³-hybridized carbons (Fsp3) is 0.538. The van der Waals surface area contributed by atoms with Gasteiger partial charge >= 0.3 is 0 Å². The zero-order valence-electron chi connectivity index (χ0n) is 29.3. The molecule has 0 heterocycles. The van der Waals surface area contributed by atoms with Crippen LogP contribution < -0.4 is 10.6 Å². The first-order valence-electron chi connectivity index (χ1n) is 17.3. The molecule has 50 heavy (non-hydrogen) atoms. The van der Waals surface area contributed by atoms with Gasteiger partial charge in [0.25, 0.3) is 0 Å². The Bertz CT molecular complexity index is 1520. The van der Waals surface area contributed by atoms with Crippen LogP contribution in [0.15, 0.2) is 48.5 Å². The molecule has 2 amide bonds. The van der Waals surface area contributed by atoms with Crippen LogP contribution in [0, 0.1) is 48.7 Å². The Kier molecular flexibility index (Phi) is 16.8. The van der Waals surface area contributed by atoms with E-state index in [9.17, 15) is 28.2 Å². The lowest BCUT2D eigenvalue weighted by Crippen LogP contribution is -2.56. The maximum absolute atomic E-state index is 13.9. The Morgan fingerprint density at radius 2 is 1.66 bits per heavy atom. The summed E-state index contributed by atoms with van der Waals surface area (Å²) in [5.74, 6) is 2.24. The number of rotatable bonds is 20. The first-order chi connectivity index (χ1) is 23.9. The predicted octanol–water partition coefficient (Wildman–Crippen LogP) is 2.55. The molecule has 2 aromatic rings. The molecule has 1 aliphatic rings. The number of likely N-dealkylation sites (N-methyl/N-ethyl adjacent to an activating group) is 2. The summed E-state index contributed by atoms with van der Waals surface area (Å²) in [6, 6.07) is 18.6. The van der Waals surface area contributed by atoms with Crippen LogP contribution in [0.2, 0.25) is 0 Å². The number of carbonyl (C=O) groups is 2. The summed E-state index contributed by atoms with van der Waals surface area (Å²) < 4.78 is 28.5. The van der Waals surface area contributed by atoms with Gasteiger partial charge in [-0.25, -0.2) is 12.7 Å². The lowest BCUT2D eigenvalue weighted by atomic mass is 9.82. The molecule has 0 bridgehead atoms. The Morgan fingerprint density at radius 3 is 2.30 bits per heavy atom. The third-order valence-corrected chi connectivity index (χ3v) is 11.2. The van der Waals surface area contributed by atoms with Crippen LogP contribution in [0.3, 0.4) is 0 Å². The van der Waals surface area contributed by atoms with E-state index in [1.54, 1.807) is 6.07 Å². The summed E-state index contributed by atoms with van der Waals surface area (Å²) in [7, 11) is -0.532. The van der Waals surface area contributed by atoms with Crippen LogP contribution in [0.4, 0.5) is 0 Å². The van der Waals surface area contributed by atoms with Gasteiger partial charge in [-0.05, 0) is 43.5 Å². The fourth-order valence-corrected chi connectivity index (χ4v) is 7.68. The molecule has 11 heteroatoms. The number of carbonyl (C=O) groups excluding carboxylic acids is 2. The van der Waals surface area contributed by atoms with Gasteiger partial charge in [0.05, 0.1) is 23.8 Å². The van der Waals surface area contributed by atoms with Gasteiger partial charge in [0.1, 0.15) is 12.1 Å². The number of terminal acetylenes is 2. The standard InChI is InChI=1S/C39H52N4O6S/c1-5-16-34(39(47)41-35(37(45)36(44)17-6-2)27-31-20-12-8-13-21-31)40-38(46)33(26-30-18-10-7-11-19-30)29-50(48,49)43(4)25-24-42(3)28-32-22-14-9-15-23-32/h1-2,7,9-11,14,18-19,22,31,33-37,44-45H,8,12-13,16-17,20-21,24-29H2,3-4H3,(H,40,46)(H,41,47)/t33-,34+,35+,36+,37-/m1/s1. The summed E-state index contributed by atoms with van der Waals surface area (Å²) >= 11 is 0. The van der Waals surface area contributed by atoms with E-state index in [-0.39, 0.29) is 31.7 Å². The number of nitrogens with zero attached hydrogens (tertiary/aromatic N) is 2. The molecule has 0 saturated heterocycles. The van der Waals surface area contributed by atoms with Crippen molar-refractivity contribution in [3.05, 3.63) is 71.8 Å². The average molecular weight is 705 g/mol. The number of hydrogen-bond donors (Lipinski definition) is 4. The zero-order chi connectivity index (χ0) is 36.5. The van der Waals surface area contributed by atoms with E-state index in [1.807, 2.05) is 54.4 Å². The second-order valence-corrected chi connectivity index (χ2v) is 15.5. The highest BCUT2D eigenvalue weighted by Crippen LogP contribution is 2.28. The van der Waals surface area contributed by atoms with Crippen molar-refractivity contribution in [2.24, 2.45) is 11.8 Å². The largest absolute Gasteiger partial charge is 0.389 e. The summed E-state index contributed by atoms with van der Waals surface area (Å²) in [4.78, 5) is 29.5. The predicted molar refractivity (Wildman–Crippen MR) is 194 cm³/mol. The SMILES string of the molecule is C#CC[C@H](NC(=O)[C@H](Cc1ccccc1)CS(=O)(=O)N(C)CCN(C)Cc1c#cccc1)C(=O)N[C@@H](CC1CCCCC1)[C@@H](O)[C@@H](O)CC#C. The first-order valence-corrected chi connectivity index (χ1v) is 18.9. The van der Waals surface area contributed by atoms with Crippen molar-refractivity contribution in [2.75, 3.05) is 32.9 Å². The highest BCUT2D eigenvalue weighted by atomic mass is 32.2. The molecule has 0 aromatic heterocycles. The Labute approximate surface area is 299 Å². The van der Waals surface area contributed by atoms with Crippen molar-refractivity contribution in [3.8, 4) is 24.7 Å². The highest BCUT2D eigenvalue weighted by Gasteiger charge is 2.34. The lowest BCUT2D eigenvalue weighted by Gasteiger charge is -2.33. The molecule has 1 aliphatic carbocycles. The summed E-state index contributed by atoms with van der Waals surface area (Å²) in [5, 5.41) is 27.0. The van der Waals surface area contributed by atoms with Crippen molar-refractivity contribution >= 4 is 21.8 Å². The second kappa shape index (κ2) is 20.7. The van der Waals surface area contributed by atoms with Crippen LogP contribution in [-0.4, -0.2) is 96.9 Å². The van der Waals surface area contributed by atoms with Gasteiger partial charge in [-0.15, -0.1) is 24.7 Å². The smallest absolute Gasteiger partial charge is 0.243 e. The van der Waals surface area contributed by atoms with Crippen molar-refractivity contribution in [1.82, 2.24) is 19.8 Å². The van der Waals surface area contributed by atoms with Gasteiger partial charge in [-0.2, -0.15) is 0 Å². The number of sulfonamides is 1. The molecule has 1 fully saturated rings. The number of nitrogens with one attached hydrogen (secondary N) is 2. The number of hydrogen-bond acceptors (Lipinski definition) is 7. The molecule has 270 valence electrons. The van der Waals surface area contributed by atoms with Crippen LogP contribution in [0.25, 0.3) is 0 Å². The number of aliphatic hydroxyl groups is 2. The normalized spacial score (nSPS) is 16.6. The number of benzene rings is 1. The summed E-state index contributed by atoms with van der Waals surface area (Å²) in [6.07, 6.45) is 13.8. The van der Waals surface area contributed by atoms with Gasteiger partial charge in [-0.1, -0.05) is 80.6 Å². The van der Waals surface area contributed by atoms with E-state index in [0.29, 0.717) is 19.5 Å². The molecular formula is C39H52N4O6S. The van der Waals surface area contributed by atoms with E-state index in [1.165, 1.54) is 11.4 Å². The minimum absolute atomic E-state index is 0.0898. The average Bonchev–Trinajstić information content (AvgIpc) is 3.10. The third kappa shape index (κ3) is 13.4. The molecule has 10 nitrogen and oxygen atoms in total. The van der Waals surface area contributed by atoms with E-state index in [4.69, 9.17) is 12.8 Å². The summed E-state index contributed by atoms with van der Waals surface area (Å²) in [6.45, 7) is 1.22. The van der Waals surface area contributed by atoms with E-state index in [0.717, 1.165) is 43.2 Å². The summed E-state index contributed by atoms with van der Waals surface area (Å²) in [5.41, 5.74) is 1.70. The second-order valence-electron chi connectivity index (χ2n) is 13.3. The van der Waals surface area contributed by atoms with Crippen LogP contribution in [0.5, 0.6) is 0 Å². The lowest BCUT2D eigenvalue weighted by molar-refractivity contribution is -0.132. The van der Waals surface area contributed by atoms with Gasteiger partial charge in [0, 0.05) is 45.1 Å². The first kappa shape index (κ1) is 40.5. The van der Waals surface area contributed by atoms with E-state index < -0.39 is 57.8 Å². The minimum Gasteiger partial charge on any atom is -0.389 e. The Morgan fingerprint density at radius 1 is 0.960 bits per heavy atom. The molecule has 3 rings (SSSR count). The Balaban J connectivity index is 1.74. The van der Waals surface area contributed by atoms with Crippen molar-refractivity contribution < 1.29 is 28.2 Å². The monoisotopic (exact) mass is 704 g/mol. The van der Waals surface area contributed by atoms with Crippen LogP contribution in [-0.2, 0) is 32.6 Å². The van der Waals surface area contributed by atoms with Crippen LogP contribution >= 0.6 is 0 Å². The quantitative estimate of drug-likeness (QED) is 0.156. The molecule has 0 spiro atoms. The van der Waals surface area contributed by atoms with Crippen LogP contribution in [0.1, 0.15) is 62.5 Å². The zero-order valence-corrected chi connectivity index (χ0v) is 30.1. The molecule has 4 N–H and O–H groups in total. The molecule has 2 aromatic carbocycles. The number of aliphatic hydroxyl groups excluding tert-OH is 2. The maximum atomic E-state index is 13.9. The van der Waals surface area contributed by atoms with Crippen molar-refractivity contribution in [2.45, 2.75) is 88.6 Å². The van der Waals surface area contributed by atoms with Crippen molar-refractivity contribution in [1.29, 1.82) is 0 Å². The Hall–Kier alpha value is -3.89. The molecule has 0 unspecified atom stereocenters.